The van der Waals surface area contributed by atoms with Gasteiger partial charge in [-0.25, -0.2) is 0 Å². The predicted molar refractivity (Wildman–Crippen MR) is 105 cm³/mol. The van der Waals surface area contributed by atoms with Gasteiger partial charge in [0.1, 0.15) is 11.4 Å². The zero-order chi connectivity index (χ0) is 18.6. The van der Waals surface area contributed by atoms with E-state index in [9.17, 15) is 4.79 Å². The molecule has 1 saturated heterocycles. The number of aryl methyl sites for hydroxylation is 1. The van der Waals surface area contributed by atoms with E-state index >= 15 is 0 Å². The summed E-state index contributed by atoms with van der Waals surface area (Å²) in [4.78, 5) is 15.3. The monoisotopic (exact) mass is 363 g/mol. The Morgan fingerprint density at radius 1 is 1.19 bits per heavy atom. The van der Waals surface area contributed by atoms with Crippen LogP contribution in [0.4, 0.5) is 0 Å². The average molecular weight is 363 g/mol. The zero-order valence-electron chi connectivity index (χ0n) is 15.6. The number of aromatic nitrogens is 3. The summed E-state index contributed by atoms with van der Waals surface area (Å²) in [6.07, 6.45) is 4.43. The molecule has 1 aliphatic rings. The van der Waals surface area contributed by atoms with E-state index in [4.69, 9.17) is 0 Å². The minimum Gasteiger partial charge on any atom is -0.349 e. The van der Waals surface area contributed by atoms with Gasteiger partial charge in [0.05, 0.1) is 11.7 Å². The molecule has 0 saturated carbocycles. The van der Waals surface area contributed by atoms with Crippen molar-refractivity contribution in [2.24, 2.45) is 7.05 Å². The van der Waals surface area contributed by atoms with Gasteiger partial charge in [-0.05, 0) is 49.7 Å². The number of nitrogens with one attached hydrogen (secondary N) is 2. The van der Waals surface area contributed by atoms with E-state index < -0.39 is 0 Å². The largest absolute Gasteiger partial charge is 0.349 e. The van der Waals surface area contributed by atoms with Gasteiger partial charge in [-0.1, -0.05) is 30.3 Å². The first-order valence-corrected chi connectivity index (χ1v) is 9.46. The average Bonchev–Trinajstić information content (AvgIpc) is 3.43. The van der Waals surface area contributed by atoms with E-state index in [-0.39, 0.29) is 11.9 Å². The van der Waals surface area contributed by atoms with Crippen LogP contribution < -0.4 is 5.32 Å². The van der Waals surface area contributed by atoms with Crippen molar-refractivity contribution in [2.45, 2.75) is 18.9 Å². The number of hydrogen-bond acceptors (Lipinski definition) is 3. The van der Waals surface area contributed by atoms with Crippen LogP contribution in [0, 0.1) is 0 Å². The van der Waals surface area contributed by atoms with E-state index in [1.54, 1.807) is 0 Å². The summed E-state index contributed by atoms with van der Waals surface area (Å²) in [5.41, 5.74) is 3.35. The second kappa shape index (κ2) is 7.80. The molecule has 1 unspecified atom stereocenters. The van der Waals surface area contributed by atoms with Gasteiger partial charge in [0.2, 0.25) is 0 Å². The van der Waals surface area contributed by atoms with E-state index in [2.05, 4.69) is 32.5 Å². The smallest absolute Gasteiger partial charge is 0.269 e. The lowest BCUT2D eigenvalue weighted by Crippen LogP contribution is -2.37. The van der Waals surface area contributed by atoms with Crippen molar-refractivity contribution in [3.63, 3.8) is 0 Å². The van der Waals surface area contributed by atoms with E-state index in [0.717, 1.165) is 36.6 Å². The Hall–Kier alpha value is -2.86. The SMILES string of the molecule is Cn1cccc1-c1cc(C(=O)NC(CN2CCCC2)c2ccccc2)[nH]n1. The molecule has 6 heteroatoms. The fourth-order valence-corrected chi connectivity index (χ4v) is 3.68. The summed E-state index contributed by atoms with van der Waals surface area (Å²) >= 11 is 0. The molecule has 0 spiro atoms. The lowest BCUT2D eigenvalue weighted by molar-refractivity contribution is 0.0922. The van der Waals surface area contributed by atoms with Crippen molar-refractivity contribution in [1.82, 2.24) is 25.0 Å². The van der Waals surface area contributed by atoms with Crippen LogP contribution in [0.1, 0.15) is 34.9 Å². The third-order valence-electron chi connectivity index (χ3n) is 5.18. The number of carbonyl (C=O) groups excluding carboxylic acids is 1. The predicted octanol–water partition coefficient (Wildman–Crippen LogP) is 2.98. The maximum Gasteiger partial charge on any atom is 0.269 e. The molecule has 0 aliphatic carbocycles. The summed E-state index contributed by atoms with van der Waals surface area (Å²) in [5, 5.41) is 10.4. The Bertz CT molecular complexity index is 892. The van der Waals surface area contributed by atoms with E-state index in [1.165, 1.54) is 12.8 Å². The third kappa shape index (κ3) is 3.95. The number of carbonyl (C=O) groups is 1. The molecule has 1 aromatic carbocycles. The summed E-state index contributed by atoms with van der Waals surface area (Å²) in [6, 6.07) is 15.9. The summed E-state index contributed by atoms with van der Waals surface area (Å²) < 4.78 is 1.98. The fraction of sp³-hybridized carbons (Fsp3) is 0.333. The summed E-state index contributed by atoms with van der Waals surface area (Å²) in [6.45, 7) is 3.02. The number of benzene rings is 1. The first-order valence-electron chi connectivity index (χ1n) is 9.46. The highest BCUT2D eigenvalue weighted by Gasteiger charge is 2.22. The maximum absolute atomic E-state index is 12.9. The van der Waals surface area contributed by atoms with E-state index in [1.807, 2.05) is 54.2 Å². The molecule has 2 N–H and O–H groups in total. The number of hydrogen-bond donors (Lipinski definition) is 2. The number of rotatable bonds is 6. The normalized spacial score (nSPS) is 15.7. The van der Waals surface area contributed by atoms with Crippen LogP contribution in [-0.4, -0.2) is 45.2 Å². The van der Waals surface area contributed by atoms with Crippen LogP contribution in [0.2, 0.25) is 0 Å². The molecule has 1 atom stereocenters. The summed E-state index contributed by atoms with van der Waals surface area (Å²) in [7, 11) is 1.96. The Morgan fingerprint density at radius 2 is 1.96 bits per heavy atom. The van der Waals surface area contributed by atoms with Crippen LogP contribution in [0.5, 0.6) is 0 Å². The van der Waals surface area contributed by atoms with Crippen LogP contribution in [-0.2, 0) is 7.05 Å². The lowest BCUT2D eigenvalue weighted by Gasteiger charge is -2.24. The van der Waals surface area contributed by atoms with Crippen LogP contribution in [0.25, 0.3) is 11.4 Å². The molecule has 3 aromatic rings. The number of amides is 1. The van der Waals surface area contributed by atoms with Crippen LogP contribution >= 0.6 is 0 Å². The number of aromatic amines is 1. The molecule has 0 radical (unpaired) electrons. The van der Waals surface area contributed by atoms with Crippen molar-refractivity contribution in [3.05, 3.63) is 66.0 Å². The lowest BCUT2D eigenvalue weighted by atomic mass is 10.1. The van der Waals surface area contributed by atoms with Gasteiger partial charge < -0.3 is 14.8 Å². The molecular weight excluding hydrogens is 338 g/mol. The van der Waals surface area contributed by atoms with Gasteiger partial charge in [0.25, 0.3) is 5.91 Å². The van der Waals surface area contributed by atoms with Crippen molar-refractivity contribution >= 4 is 5.91 Å². The Kier molecular flexibility index (Phi) is 5.07. The Balaban J connectivity index is 1.51. The van der Waals surface area contributed by atoms with Crippen molar-refractivity contribution < 1.29 is 4.79 Å². The fourth-order valence-electron chi connectivity index (χ4n) is 3.68. The molecule has 2 aromatic heterocycles. The molecule has 1 aliphatic heterocycles. The molecule has 140 valence electrons. The van der Waals surface area contributed by atoms with Crippen LogP contribution in [0.15, 0.2) is 54.7 Å². The molecule has 3 heterocycles. The van der Waals surface area contributed by atoms with Crippen molar-refractivity contribution in [2.75, 3.05) is 19.6 Å². The highest BCUT2D eigenvalue weighted by Crippen LogP contribution is 2.20. The van der Waals surface area contributed by atoms with Gasteiger partial charge in [-0.2, -0.15) is 5.10 Å². The first-order chi connectivity index (χ1) is 13.2. The van der Waals surface area contributed by atoms with Gasteiger partial charge >= 0.3 is 0 Å². The molecule has 27 heavy (non-hydrogen) atoms. The van der Waals surface area contributed by atoms with Crippen molar-refractivity contribution in [1.29, 1.82) is 0 Å². The van der Waals surface area contributed by atoms with E-state index in [0.29, 0.717) is 5.69 Å². The number of H-pyrrole nitrogens is 1. The van der Waals surface area contributed by atoms with Gasteiger partial charge in [0, 0.05) is 19.8 Å². The second-order valence-electron chi connectivity index (χ2n) is 7.12. The van der Waals surface area contributed by atoms with Crippen LogP contribution in [0.3, 0.4) is 0 Å². The highest BCUT2D eigenvalue weighted by atomic mass is 16.2. The standard InChI is InChI=1S/C21H25N5O/c1-25-11-7-10-20(25)17-14-18(24-23-17)21(27)22-19(15-26-12-5-6-13-26)16-8-3-2-4-9-16/h2-4,7-11,14,19H,5-6,12-13,15H2,1H3,(H,22,27)(H,23,24). The molecule has 4 rings (SSSR count). The molecule has 0 bridgehead atoms. The highest BCUT2D eigenvalue weighted by molar-refractivity contribution is 5.93. The maximum atomic E-state index is 12.9. The quantitative estimate of drug-likeness (QED) is 0.708. The molecule has 1 amide bonds. The molecular formula is C21H25N5O. The molecule has 1 fully saturated rings. The first kappa shape index (κ1) is 17.5. The second-order valence-corrected chi connectivity index (χ2v) is 7.12. The third-order valence-corrected chi connectivity index (χ3v) is 5.18. The Morgan fingerprint density at radius 3 is 2.67 bits per heavy atom. The number of nitrogens with zero attached hydrogens (tertiary/aromatic N) is 3. The van der Waals surface area contributed by atoms with Gasteiger partial charge in [-0.15, -0.1) is 0 Å². The zero-order valence-corrected chi connectivity index (χ0v) is 15.6. The Labute approximate surface area is 159 Å². The molecule has 6 nitrogen and oxygen atoms in total. The van der Waals surface area contributed by atoms with Gasteiger partial charge in [-0.3, -0.25) is 9.89 Å². The number of likely N-dealkylation sites (tertiary alicyclic amines) is 1. The minimum atomic E-state index is -0.129. The van der Waals surface area contributed by atoms with Crippen molar-refractivity contribution in [3.8, 4) is 11.4 Å². The van der Waals surface area contributed by atoms with Gasteiger partial charge in [0.15, 0.2) is 0 Å². The minimum absolute atomic E-state index is 0.0430. The summed E-state index contributed by atoms with van der Waals surface area (Å²) in [5.74, 6) is -0.129. The topological polar surface area (TPSA) is 66.0 Å².